The summed E-state index contributed by atoms with van der Waals surface area (Å²) in [6.07, 6.45) is 1.64. The highest BCUT2D eigenvalue weighted by atomic mass is 32.2. The number of sulfonamides is 1. The Kier molecular flexibility index (Phi) is 3.61. The van der Waals surface area contributed by atoms with E-state index >= 15 is 0 Å². The predicted molar refractivity (Wildman–Crippen MR) is 66.1 cm³/mol. The van der Waals surface area contributed by atoms with E-state index in [1.165, 1.54) is 4.31 Å². The van der Waals surface area contributed by atoms with E-state index in [2.05, 4.69) is 6.58 Å². The van der Waals surface area contributed by atoms with E-state index in [0.717, 1.165) is 5.56 Å². The van der Waals surface area contributed by atoms with Gasteiger partial charge in [-0.3, -0.25) is 0 Å². The van der Waals surface area contributed by atoms with E-state index in [1.807, 2.05) is 6.07 Å². The Balaban J connectivity index is 2.32. The Morgan fingerprint density at radius 3 is 2.65 bits per heavy atom. The number of ether oxygens (including phenoxy) is 1. The minimum absolute atomic E-state index is 0.316. The molecule has 1 saturated heterocycles. The van der Waals surface area contributed by atoms with Crippen LogP contribution in [0.2, 0.25) is 0 Å². The largest absolute Gasteiger partial charge is 0.379 e. The second kappa shape index (κ2) is 5.00. The number of rotatable bonds is 3. The Morgan fingerprint density at radius 2 is 2.00 bits per heavy atom. The van der Waals surface area contributed by atoms with Crippen LogP contribution in [0.15, 0.2) is 35.7 Å². The van der Waals surface area contributed by atoms with Gasteiger partial charge < -0.3 is 4.74 Å². The van der Waals surface area contributed by atoms with Gasteiger partial charge in [-0.25, -0.2) is 8.42 Å². The van der Waals surface area contributed by atoms with Crippen molar-refractivity contribution in [2.45, 2.75) is 4.90 Å². The molecule has 1 aromatic carbocycles. The molecule has 0 unspecified atom stereocenters. The Morgan fingerprint density at radius 1 is 1.29 bits per heavy atom. The molecule has 0 aliphatic carbocycles. The summed E-state index contributed by atoms with van der Waals surface area (Å²) in [6.45, 7) is 5.39. The summed E-state index contributed by atoms with van der Waals surface area (Å²) in [4.78, 5) is 0.316. The minimum Gasteiger partial charge on any atom is -0.379 e. The lowest BCUT2D eigenvalue weighted by Gasteiger charge is -2.26. The fraction of sp³-hybridized carbons (Fsp3) is 0.333. The smallest absolute Gasteiger partial charge is 0.243 e. The van der Waals surface area contributed by atoms with Crippen molar-refractivity contribution < 1.29 is 13.2 Å². The van der Waals surface area contributed by atoms with E-state index in [9.17, 15) is 8.42 Å². The summed E-state index contributed by atoms with van der Waals surface area (Å²) >= 11 is 0. The van der Waals surface area contributed by atoms with Crippen LogP contribution in [0.25, 0.3) is 6.08 Å². The van der Waals surface area contributed by atoms with Crippen LogP contribution in [-0.2, 0) is 14.8 Å². The zero-order valence-electron chi connectivity index (χ0n) is 9.50. The first-order valence-electron chi connectivity index (χ1n) is 5.45. The third-order valence-electron chi connectivity index (χ3n) is 2.70. The van der Waals surface area contributed by atoms with Gasteiger partial charge in [-0.2, -0.15) is 4.31 Å². The van der Waals surface area contributed by atoms with Gasteiger partial charge in [0.15, 0.2) is 0 Å². The molecule has 0 spiro atoms. The van der Waals surface area contributed by atoms with Crippen LogP contribution in [0.4, 0.5) is 0 Å². The van der Waals surface area contributed by atoms with Crippen LogP contribution < -0.4 is 0 Å². The van der Waals surface area contributed by atoms with Gasteiger partial charge in [0.2, 0.25) is 10.0 Å². The lowest BCUT2D eigenvalue weighted by Crippen LogP contribution is -2.40. The maximum atomic E-state index is 12.3. The first-order chi connectivity index (χ1) is 8.14. The first kappa shape index (κ1) is 12.3. The number of morpholine rings is 1. The molecule has 0 radical (unpaired) electrons. The van der Waals surface area contributed by atoms with Gasteiger partial charge in [-0.05, 0) is 17.7 Å². The average molecular weight is 253 g/mol. The molecule has 92 valence electrons. The number of nitrogens with zero attached hydrogens (tertiary/aromatic N) is 1. The molecule has 0 aromatic heterocycles. The quantitative estimate of drug-likeness (QED) is 0.817. The third kappa shape index (κ3) is 2.57. The molecule has 17 heavy (non-hydrogen) atoms. The standard InChI is InChI=1S/C12H15NO3S/c1-2-11-4-3-5-12(10-11)17(14,15)13-6-8-16-9-7-13/h2-5,10H,1,6-9H2. The van der Waals surface area contributed by atoms with Crippen LogP contribution in [0.3, 0.4) is 0 Å². The first-order valence-corrected chi connectivity index (χ1v) is 6.89. The molecule has 1 aliphatic rings. The molecule has 0 saturated carbocycles. The maximum absolute atomic E-state index is 12.3. The van der Waals surface area contributed by atoms with Crippen molar-refractivity contribution in [2.75, 3.05) is 26.3 Å². The van der Waals surface area contributed by atoms with Crippen LogP contribution in [0, 0.1) is 0 Å². The van der Waals surface area contributed by atoms with Gasteiger partial charge in [0.1, 0.15) is 0 Å². The van der Waals surface area contributed by atoms with Crippen molar-refractivity contribution >= 4 is 16.1 Å². The molecule has 5 heteroatoms. The number of hydrogen-bond acceptors (Lipinski definition) is 3. The van der Waals surface area contributed by atoms with E-state index in [4.69, 9.17) is 4.74 Å². The fourth-order valence-electron chi connectivity index (χ4n) is 1.74. The summed E-state index contributed by atoms with van der Waals surface area (Å²) in [6, 6.07) is 6.80. The van der Waals surface area contributed by atoms with Crippen molar-refractivity contribution in [2.24, 2.45) is 0 Å². The zero-order chi connectivity index (χ0) is 12.3. The lowest BCUT2D eigenvalue weighted by atomic mass is 10.2. The Labute approximate surface area is 102 Å². The molecule has 0 bridgehead atoms. The predicted octanol–water partition coefficient (Wildman–Crippen LogP) is 1.35. The van der Waals surface area contributed by atoms with Crippen molar-refractivity contribution in [3.05, 3.63) is 36.4 Å². The number of benzene rings is 1. The van der Waals surface area contributed by atoms with Gasteiger partial charge in [-0.15, -0.1) is 0 Å². The lowest BCUT2D eigenvalue weighted by molar-refractivity contribution is 0.0730. The van der Waals surface area contributed by atoms with Gasteiger partial charge in [-0.1, -0.05) is 24.8 Å². The van der Waals surface area contributed by atoms with Crippen LogP contribution in [0.5, 0.6) is 0 Å². The normalized spacial score (nSPS) is 17.9. The van der Waals surface area contributed by atoms with Crippen LogP contribution in [-0.4, -0.2) is 39.0 Å². The summed E-state index contributed by atoms with van der Waals surface area (Å²) < 4.78 is 31.2. The molecule has 1 heterocycles. The molecule has 0 atom stereocenters. The third-order valence-corrected chi connectivity index (χ3v) is 4.60. The summed E-state index contributed by atoms with van der Waals surface area (Å²) in [5.74, 6) is 0. The fourth-order valence-corrected chi connectivity index (χ4v) is 3.20. The highest BCUT2D eigenvalue weighted by Gasteiger charge is 2.26. The van der Waals surface area contributed by atoms with Gasteiger partial charge >= 0.3 is 0 Å². The highest BCUT2D eigenvalue weighted by molar-refractivity contribution is 7.89. The van der Waals surface area contributed by atoms with Gasteiger partial charge in [0.25, 0.3) is 0 Å². The van der Waals surface area contributed by atoms with E-state index in [1.54, 1.807) is 24.3 Å². The van der Waals surface area contributed by atoms with Crippen molar-refractivity contribution in [1.82, 2.24) is 4.31 Å². The Bertz CT molecular complexity index is 504. The monoisotopic (exact) mass is 253 g/mol. The SMILES string of the molecule is C=Cc1cccc(S(=O)(=O)N2CCOCC2)c1. The molecule has 2 rings (SSSR count). The topological polar surface area (TPSA) is 46.6 Å². The molecule has 1 fully saturated rings. The second-order valence-corrected chi connectivity index (χ2v) is 5.73. The molecule has 1 aromatic rings. The summed E-state index contributed by atoms with van der Waals surface area (Å²) in [5, 5.41) is 0. The average Bonchev–Trinajstić information content (AvgIpc) is 2.40. The molecule has 0 N–H and O–H groups in total. The van der Waals surface area contributed by atoms with Crippen molar-refractivity contribution in [3.63, 3.8) is 0 Å². The van der Waals surface area contributed by atoms with Crippen LogP contribution >= 0.6 is 0 Å². The molecular formula is C12H15NO3S. The Hall–Kier alpha value is -1.17. The van der Waals surface area contributed by atoms with E-state index < -0.39 is 10.0 Å². The molecule has 1 aliphatic heterocycles. The van der Waals surface area contributed by atoms with Gasteiger partial charge in [0, 0.05) is 13.1 Å². The second-order valence-electron chi connectivity index (χ2n) is 3.79. The minimum atomic E-state index is -3.39. The van der Waals surface area contributed by atoms with E-state index in [-0.39, 0.29) is 0 Å². The maximum Gasteiger partial charge on any atom is 0.243 e. The molecule has 4 nitrogen and oxygen atoms in total. The van der Waals surface area contributed by atoms with E-state index in [0.29, 0.717) is 31.2 Å². The van der Waals surface area contributed by atoms with Gasteiger partial charge in [0.05, 0.1) is 18.1 Å². The highest BCUT2D eigenvalue weighted by Crippen LogP contribution is 2.18. The molecule has 0 amide bonds. The van der Waals surface area contributed by atoms with Crippen molar-refractivity contribution in [1.29, 1.82) is 0 Å². The van der Waals surface area contributed by atoms with Crippen LogP contribution in [0.1, 0.15) is 5.56 Å². The zero-order valence-corrected chi connectivity index (χ0v) is 10.3. The number of hydrogen-bond donors (Lipinski definition) is 0. The summed E-state index contributed by atoms with van der Waals surface area (Å²) in [7, 11) is -3.39. The molecular weight excluding hydrogens is 238 g/mol. The van der Waals surface area contributed by atoms with Crippen molar-refractivity contribution in [3.8, 4) is 0 Å². The summed E-state index contributed by atoms with van der Waals surface area (Å²) in [5.41, 5.74) is 0.805.